The highest BCUT2D eigenvalue weighted by molar-refractivity contribution is 7.90. The zero-order chi connectivity index (χ0) is 13.5. The molecule has 1 saturated carbocycles. The number of benzene rings is 1. The van der Waals surface area contributed by atoms with E-state index >= 15 is 0 Å². The number of nitrogens with one attached hydrogen (secondary N) is 1. The molecular weight excluding hydrogens is 266 g/mol. The number of hydrogen-bond donors (Lipinski definition) is 2. The molecule has 0 amide bonds. The quantitative estimate of drug-likeness (QED) is 0.835. The van der Waals surface area contributed by atoms with E-state index in [0.29, 0.717) is 6.61 Å². The van der Waals surface area contributed by atoms with Gasteiger partial charge in [0.1, 0.15) is 5.75 Å². The van der Waals surface area contributed by atoms with E-state index < -0.39 is 16.1 Å². The Kier molecular flexibility index (Phi) is 3.24. The summed E-state index contributed by atoms with van der Waals surface area (Å²) in [5.74, 6) is 0.856. The van der Waals surface area contributed by atoms with Crippen LogP contribution in [0.25, 0.3) is 0 Å². The highest BCUT2D eigenvalue weighted by atomic mass is 32.2. The van der Waals surface area contributed by atoms with Gasteiger partial charge in [0.15, 0.2) is 0 Å². The average Bonchev–Trinajstić information content (AvgIpc) is 3.15. The van der Waals surface area contributed by atoms with Crippen LogP contribution in [0.1, 0.15) is 30.1 Å². The van der Waals surface area contributed by atoms with Gasteiger partial charge in [-0.25, -0.2) is 13.1 Å². The maximum Gasteiger partial charge on any atom is 0.214 e. The Bertz CT molecular complexity index is 580. The molecule has 1 atom stereocenters. The molecule has 19 heavy (non-hydrogen) atoms. The van der Waals surface area contributed by atoms with Gasteiger partial charge < -0.3 is 9.84 Å². The number of hydrogen-bond acceptors (Lipinski definition) is 4. The Hall–Kier alpha value is -1.11. The Morgan fingerprint density at radius 2 is 2.21 bits per heavy atom. The highest BCUT2D eigenvalue weighted by Crippen LogP contribution is 2.29. The largest absolute Gasteiger partial charge is 0.493 e. The number of aliphatic hydroxyl groups excluding tert-OH is 1. The fourth-order valence-corrected chi connectivity index (χ4v) is 3.61. The van der Waals surface area contributed by atoms with Crippen molar-refractivity contribution < 1.29 is 18.3 Å². The molecule has 0 aromatic heterocycles. The van der Waals surface area contributed by atoms with E-state index in [2.05, 4.69) is 4.72 Å². The molecule has 0 bridgehead atoms. The minimum Gasteiger partial charge on any atom is -0.493 e. The van der Waals surface area contributed by atoms with Crippen molar-refractivity contribution in [2.24, 2.45) is 0 Å². The van der Waals surface area contributed by atoms with Crippen LogP contribution in [0.2, 0.25) is 0 Å². The van der Waals surface area contributed by atoms with Gasteiger partial charge in [0.25, 0.3) is 0 Å². The second-order valence-electron chi connectivity index (χ2n) is 5.07. The number of rotatable bonds is 5. The first-order valence-corrected chi connectivity index (χ1v) is 8.03. The lowest BCUT2D eigenvalue weighted by Crippen LogP contribution is -2.31. The molecule has 0 spiro atoms. The van der Waals surface area contributed by atoms with Crippen molar-refractivity contribution >= 4 is 10.0 Å². The van der Waals surface area contributed by atoms with E-state index in [1.165, 1.54) is 0 Å². The molecule has 1 unspecified atom stereocenters. The summed E-state index contributed by atoms with van der Waals surface area (Å²) in [7, 11) is -3.24. The minimum absolute atomic E-state index is 0.0263. The molecule has 5 nitrogen and oxygen atoms in total. The number of aliphatic hydroxyl groups is 1. The molecule has 104 valence electrons. The Morgan fingerprint density at radius 3 is 2.95 bits per heavy atom. The smallest absolute Gasteiger partial charge is 0.214 e. The molecule has 1 aliphatic carbocycles. The van der Waals surface area contributed by atoms with E-state index in [9.17, 15) is 13.5 Å². The van der Waals surface area contributed by atoms with Crippen LogP contribution in [0.3, 0.4) is 0 Å². The predicted molar refractivity (Wildman–Crippen MR) is 70.5 cm³/mol. The van der Waals surface area contributed by atoms with Gasteiger partial charge in [-0.1, -0.05) is 6.07 Å². The lowest BCUT2D eigenvalue weighted by atomic mass is 10.0. The zero-order valence-corrected chi connectivity index (χ0v) is 11.3. The van der Waals surface area contributed by atoms with Crippen molar-refractivity contribution in [2.75, 3.05) is 13.2 Å². The molecule has 1 aromatic carbocycles. The molecular formula is C13H17NO4S. The van der Waals surface area contributed by atoms with Gasteiger partial charge in [-0.2, -0.15) is 0 Å². The van der Waals surface area contributed by atoms with Crippen molar-refractivity contribution in [1.82, 2.24) is 4.72 Å². The van der Waals surface area contributed by atoms with Crippen LogP contribution in [0.15, 0.2) is 18.2 Å². The molecule has 1 aromatic rings. The van der Waals surface area contributed by atoms with E-state index in [-0.39, 0.29) is 11.8 Å². The van der Waals surface area contributed by atoms with E-state index in [0.717, 1.165) is 36.1 Å². The molecule has 2 N–H and O–H groups in total. The second-order valence-corrected chi connectivity index (χ2v) is 7.12. The SMILES string of the molecule is O=S(=O)(NCC(O)c1ccc2c(c1)CCO2)C1CC1. The summed E-state index contributed by atoms with van der Waals surface area (Å²) in [6.45, 7) is 0.696. The van der Waals surface area contributed by atoms with Crippen LogP contribution in [0.5, 0.6) is 5.75 Å². The molecule has 0 radical (unpaired) electrons. The van der Waals surface area contributed by atoms with Crippen LogP contribution in [0, 0.1) is 0 Å². The first kappa shape index (κ1) is 12.9. The maximum atomic E-state index is 11.7. The van der Waals surface area contributed by atoms with Gasteiger partial charge in [0.2, 0.25) is 10.0 Å². The lowest BCUT2D eigenvalue weighted by molar-refractivity contribution is 0.182. The lowest BCUT2D eigenvalue weighted by Gasteiger charge is -2.13. The van der Waals surface area contributed by atoms with Crippen molar-refractivity contribution in [3.05, 3.63) is 29.3 Å². The summed E-state index contributed by atoms with van der Waals surface area (Å²) in [5.41, 5.74) is 1.80. The van der Waals surface area contributed by atoms with E-state index in [1.54, 1.807) is 6.07 Å². The summed E-state index contributed by atoms with van der Waals surface area (Å²) in [6, 6.07) is 5.49. The zero-order valence-electron chi connectivity index (χ0n) is 10.5. The topological polar surface area (TPSA) is 75.6 Å². The minimum atomic E-state index is -3.24. The molecule has 3 rings (SSSR count). The number of sulfonamides is 1. The average molecular weight is 283 g/mol. The van der Waals surface area contributed by atoms with E-state index in [1.807, 2.05) is 12.1 Å². The van der Waals surface area contributed by atoms with Crippen LogP contribution < -0.4 is 9.46 Å². The highest BCUT2D eigenvalue weighted by Gasteiger charge is 2.35. The van der Waals surface area contributed by atoms with Crippen molar-refractivity contribution in [1.29, 1.82) is 0 Å². The van der Waals surface area contributed by atoms with Crippen LogP contribution >= 0.6 is 0 Å². The third-order valence-electron chi connectivity index (χ3n) is 3.54. The number of fused-ring (bicyclic) bond motifs is 1. The Labute approximate surface area is 112 Å². The fourth-order valence-electron chi connectivity index (χ4n) is 2.22. The van der Waals surface area contributed by atoms with Crippen molar-refractivity contribution in [3.63, 3.8) is 0 Å². The van der Waals surface area contributed by atoms with Gasteiger partial charge >= 0.3 is 0 Å². The summed E-state index contributed by atoms with van der Waals surface area (Å²) >= 11 is 0. The molecule has 0 saturated heterocycles. The van der Waals surface area contributed by atoms with Gasteiger partial charge in [-0.3, -0.25) is 0 Å². The summed E-state index contributed by atoms with van der Waals surface area (Å²) < 4.78 is 31.2. The fraction of sp³-hybridized carbons (Fsp3) is 0.538. The molecule has 1 heterocycles. The number of ether oxygens (including phenoxy) is 1. The van der Waals surface area contributed by atoms with Gasteiger partial charge in [-0.15, -0.1) is 0 Å². The summed E-state index contributed by atoms with van der Waals surface area (Å²) in [5, 5.41) is 9.79. The summed E-state index contributed by atoms with van der Waals surface area (Å²) in [4.78, 5) is 0. The van der Waals surface area contributed by atoms with Gasteiger partial charge in [-0.05, 0) is 36.1 Å². The Balaban J connectivity index is 1.65. The monoisotopic (exact) mass is 283 g/mol. The predicted octanol–water partition coefficient (Wildman–Crippen LogP) is 0.737. The summed E-state index contributed by atoms with van der Waals surface area (Å²) in [6.07, 6.45) is 1.46. The van der Waals surface area contributed by atoms with Crippen LogP contribution in [-0.2, 0) is 16.4 Å². The van der Waals surface area contributed by atoms with Crippen LogP contribution in [-0.4, -0.2) is 31.9 Å². The normalized spacial score (nSPS) is 19.8. The van der Waals surface area contributed by atoms with Crippen molar-refractivity contribution in [3.8, 4) is 5.75 Å². The van der Waals surface area contributed by atoms with Crippen molar-refractivity contribution in [2.45, 2.75) is 30.6 Å². The van der Waals surface area contributed by atoms with Crippen LogP contribution in [0.4, 0.5) is 0 Å². The molecule has 1 aliphatic heterocycles. The first-order valence-electron chi connectivity index (χ1n) is 6.48. The maximum absolute atomic E-state index is 11.7. The molecule has 2 aliphatic rings. The van der Waals surface area contributed by atoms with Gasteiger partial charge in [0, 0.05) is 13.0 Å². The van der Waals surface area contributed by atoms with E-state index in [4.69, 9.17) is 4.74 Å². The Morgan fingerprint density at radius 1 is 1.42 bits per heavy atom. The molecule has 1 fully saturated rings. The third-order valence-corrected chi connectivity index (χ3v) is 5.46. The molecule has 6 heteroatoms. The second kappa shape index (κ2) is 4.77. The third kappa shape index (κ3) is 2.75. The van der Waals surface area contributed by atoms with Gasteiger partial charge in [0.05, 0.1) is 18.0 Å². The standard InChI is InChI=1S/C13H17NO4S/c15-12(8-14-19(16,17)11-2-3-11)9-1-4-13-10(7-9)5-6-18-13/h1,4,7,11-12,14-15H,2-3,5-6,8H2. The first-order chi connectivity index (χ1) is 9.06.